The molecule has 0 unspecified atom stereocenters. The van der Waals surface area contributed by atoms with Crippen LogP contribution in [0.15, 0.2) is 23.2 Å². The number of ether oxygens (including phenoxy) is 1. The molecule has 1 heterocycles. The Balaban J connectivity index is 2.56. The number of alkyl halides is 3. The third-order valence-electron chi connectivity index (χ3n) is 3.63. The van der Waals surface area contributed by atoms with Crippen LogP contribution in [-0.4, -0.2) is 17.7 Å². The lowest BCUT2D eigenvalue weighted by Crippen LogP contribution is -2.53. The van der Waals surface area contributed by atoms with Crippen LogP contribution < -0.4 is 5.73 Å². The van der Waals surface area contributed by atoms with Gasteiger partial charge in [0.05, 0.1) is 5.54 Å². The Hall–Kier alpha value is -1.79. The second-order valence-electron chi connectivity index (χ2n) is 5.65. The van der Waals surface area contributed by atoms with Gasteiger partial charge in [0, 0.05) is 24.6 Å². The number of benzene rings is 1. The van der Waals surface area contributed by atoms with E-state index in [1.165, 1.54) is 26.0 Å². The first kappa shape index (κ1) is 15.6. The lowest BCUT2D eigenvalue weighted by atomic mass is 9.80. The van der Waals surface area contributed by atoms with Gasteiger partial charge in [-0.1, -0.05) is 0 Å². The Morgan fingerprint density at radius 1 is 1.29 bits per heavy atom. The molecule has 0 saturated carbocycles. The van der Waals surface area contributed by atoms with Crippen LogP contribution in [0.2, 0.25) is 0 Å². The fourth-order valence-corrected chi connectivity index (χ4v) is 2.70. The van der Waals surface area contributed by atoms with Crippen molar-refractivity contribution in [1.82, 2.24) is 0 Å². The van der Waals surface area contributed by atoms with Crippen molar-refractivity contribution in [3.63, 3.8) is 0 Å². The van der Waals surface area contributed by atoms with Gasteiger partial charge in [-0.15, -0.1) is 0 Å². The molecule has 2 N–H and O–H groups in total. The zero-order chi connectivity index (χ0) is 16.1. The molecule has 1 aromatic carbocycles. The van der Waals surface area contributed by atoms with Gasteiger partial charge in [-0.3, -0.25) is 0 Å². The van der Waals surface area contributed by atoms with Gasteiger partial charge in [-0.2, -0.15) is 13.2 Å². The number of halogens is 4. The molecule has 1 aliphatic heterocycles. The minimum atomic E-state index is -4.59. The number of nitrogens with zero attached hydrogens (tertiary/aromatic N) is 1. The highest BCUT2D eigenvalue weighted by Crippen LogP contribution is 2.47. The van der Waals surface area contributed by atoms with Crippen LogP contribution in [0.3, 0.4) is 0 Å². The van der Waals surface area contributed by atoms with E-state index >= 15 is 0 Å². The van der Waals surface area contributed by atoms with Gasteiger partial charge in [0.1, 0.15) is 5.82 Å². The average Bonchev–Trinajstić information content (AvgIpc) is 2.29. The summed E-state index contributed by atoms with van der Waals surface area (Å²) in [5.41, 5.74) is 2.08. The maximum atomic E-state index is 14.0. The Labute approximate surface area is 119 Å². The highest BCUT2D eigenvalue weighted by Gasteiger charge is 2.59. The number of hydrogen-bond acceptors (Lipinski definition) is 3. The van der Waals surface area contributed by atoms with E-state index in [0.29, 0.717) is 0 Å². The molecule has 0 amide bonds. The van der Waals surface area contributed by atoms with Gasteiger partial charge in [0.2, 0.25) is 5.60 Å². The predicted octanol–water partition coefficient (Wildman–Crippen LogP) is 3.78. The smallest absolute Gasteiger partial charge is 0.428 e. The van der Waals surface area contributed by atoms with Crippen molar-refractivity contribution < 1.29 is 22.3 Å². The van der Waals surface area contributed by atoms with Gasteiger partial charge in [-0.25, -0.2) is 9.38 Å². The first-order valence-corrected chi connectivity index (χ1v) is 6.35. The molecular formula is C14H16F4N2O. The topological polar surface area (TPSA) is 47.6 Å². The van der Waals surface area contributed by atoms with Crippen LogP contribution in [0.5, 0.6) is 0 Å². The summed E-state index contributed by atoms with van der Waals surface area (Å²) in [6.45, 7) is 3.71. The summed E-state index contributed by atoms with van der Waals surface area (Å²) in [5, 5.41) is 0. The molecule has 2 rings (SSSR count). The summed E-state index contributed by atoms with van der Waals surface area (Å²) >= 11 is 0. The van der Waals surface area contributed by atoms with E-state index in [4.69, 9.17) is 10.5 Å². The summed E-state index contributed by atoms with van der Waals surface area (Å²) in [4.78, 5) is 4.09. The van der Waals surface area contributed by atoms with E-state index in [1.54, 1.807) is 0 Å². The van der Waals surface area contributed by atoms with E-state index in [9.17, 15) is 17.6 Å². The maximum absolute atomic E-state index is 14.0. The number of nitrogen functional groups attached to an aromatic ring is 1. The Morgan fingerprint density at radius 2 is 1.90 bits per heavy atom. The van der Waals surface area contributed by atoms with E-state index in [1.807, 2.05) is 0 Å². The fourth-order valence-electron chi connectivity index (χ4n) is 2.70. The zero-order valence-corrected chi connectivity index (χ0v) is 11.9. The monoisotopic (exact) mass is 304 g/mol. The molecule has 3 nitrogen and oxygen atoms in total. The van der Waals surface area contributed by atoms with Crippen LogP contribution >= 0.6 is 0 Å². The van der Waals surface area contributed by atoms with Crippen LogP contribution in [0, 0.1) is 5.82 Å². The first-order chi connectivity index (χ1) is 9.47. The molecular weight excluding hydrogens is 288 g/mol. The second-order valence-corrected chi connectivity index (χ2v) is 5.65. The molecule has 116 valence electrons. The number of rotatable bonds is 1. The Morgan fingerprint density at radius 3 is 2.48 bits per heavy atom. The summed E-state index contributed by atoms with van der Waals surface area (Å²) in [7, 11) is 0. The van der Waals surface area contributed by atoms with Crippen LogP contribution in [0.25, 0.3) is 0 Å². The summed E-state index contributed by atoms with van der Waals surface area (Å²) in [6, 6.07) is 3.79. The van der Waals surface area contributed by atoms with Crippen molar-refractivity contribution >= 4 is 11.6 Å². The number of aliphatic imine (C=N–C) groups is 1. The summed E-state index contributed by atoms with van der Waals surface area (Å²) in [6.07, 6.45) is -5.12. The minimum Gasteiger partial charge on any atom is -0.465 e. The van der Waals surface area contributed by atoms with Crippen molar-refractivity contribution in [2.45, 2.75) is 44.5 Å². The molecule has 21 heavy (non-hydrogen) atoms. The van der Waals surface area contributed by atoms with Gasteiger partial charge < -0.3 is 10.5 Å². The molecule has 0 saturated heterocycles. The lowest BCUT2D eigenvalue weighted by molar-refractivity contribution is -0.257. The van der Waals surface area contributed by atoms with Gasteiger partial charge in [0.15, 0.2) is 5.90 Å². The second kappa shape index (κ2) is 4.61. The first-order valence-electron chi connectivity index (χ1n) is 6.35. The average molecular weight is 304 g/mol. The predicted molar refractivity (Wildman–Crippen MR) is 71.4 cm³/mol. The molecule has 7 heteroatoms. The van der Waals surface area contributed by atoms with Crippen molar-refractivity contribution in [1.29, 1.82) is 0 Å². The standard InChI is InChI=1S/C14H16F4N2O/c1-8-20-12(2,7-13(3,21-8)14(16,17)18)10-6-9(19)4-5-11(10)15/h4-6H,7,19H2,1-3H3/t12-,13-/m0/s1. The van der Waals surface area contributed by atoms with Gasteiger partial charge in [0.25, 0.3) is 0 Å². The lowest BCUT2D eigenvalue weighted by Gasteiger charge is -2.43. The van der Waals surface area contributed by atoms with Crippen molar-refractivity contribution in [2.75, 3.05) is 5.73 Å². The molecule has 2 atom stereocenters. The van der Waals surface area contributed by atoms with E-state index < -0.39 is 29.6 Å². The Kier molecular flexibility index (Phi) is 3.42. The quantitative estimate of drug-likeness (QED) is 0.634. The van der Waals surface area contributed by atoms with E-state index in [0.717, 1.165) is 13.0 Å². The molecule has 0 bridgehead atoms. The van der Waals surface area contributed by atoms with E-state index in [2.05, 4.69) is 4.99 Å². The maximum Gasteiger partial charge on any atom is 0.428 e. The summed E-state index contributed by atoms with van der Waals surface area (Å²) < 4.78 is 58.6. The molecule has 0 aliphatic carbocycles. The zero-order valence-electron chi connectivity index (χ0n) is 11.9. The largest absolute Gasteiger partial charge is 0.465 e. The summed E-state index contributed by atoms with van der Waals surface area (Å²) in [5.74, 6) is -0.778. The van der Waals surface area contributed by atoms with Crippen LogP contribution in [0.4, 0.5) is 23.2 Å². The third kappa shape index (κ3) is 2.69. The normalized spacial score (nSPS) is 29.8. The van der Waals surface area contributed by atoms with Crippen molar-refractivity contribution in [3.8, 4) is 0 Å². The Bertz CT molecular complexity index is 599. The molecule has 0 radical (unpaired) electrons. The number of hydrogen-bond donors (Lipinski definition) is 1. The SMILES string of the molecule is CC1=N[C@](C)(c2cc(N)ccc2F)C[C@@](C)(C(F)(F)F)O1. The van der Waals surface area contributed by atoms with Crippen LogP contribution in [0.1, 0.15) is 32.8 Å². The van der Waals surface area contributed by atoms with Gasteiger partial charge in [-0.05, 0) is 32.0 Å². The molecule has 1 aliphatic rings. The minimum absolute atomic E-state index is 0.0284. The number of anilines is 1. The molecule has 0 fully saturated rings. The molecule has 1 aromatic rings. The number of nitrogens with two attached hydrogens (primary N) is 1. The third-order valence-corrected chi connectivity index (χ3v) is 3.63. The van der Waals surface area contributed by atoms with Crippen molar-refractivity contribution in [3.05, 3.63) is 29.6 Å². The molecule has 0 spiro atoms. The van der Waals surface area contributed by atoms with E-state index in [-0.39, 0.29) is 17.1 Å². The highest BCUT2D eigenvalue weighted by atomic mass is 19.4. The van der Waals surface area contributed by atoms with Crippen molar-refractivity contribution in [2.24, 2.45) is 4.99 Å². The van der Waals surface area contributed by atoms with Crippen LogP contribution in [-0.2, 0) is 10.3 Å². The fraction of sp³-hybridized carbons (Fsp3) is 0.500. The van der Waals surface area contributed by atoms with Gasteiger partial charge >= 0.3 is 6.18 Å². The molecule has 0 aromatic heterocycles. The highest BCUT2D eigenvalue weighted by molar-refractivity contribution is 5.75.